The minimum Gasteiger partial charge on any atom is -0.458 e. The van der Waals surface area contributed by atoms with Crippen LogP contribution in [0, 0.1) is 35.5 Å². The van der Waals surface area contributed by atoms with Gasteiger partial charge >= 0.3 is 39.2 Å². The normalized spacial score (nSPS) is 44.2. The Balaban J connectivity index is 1.11. The zero-order chi connectivity index (χ0) is 27.4. The molecule has 7 fully saturated rings. The molecule has 38 heavy (non-hydrogen) atoms. The SMILES string of the molecule is O=C(COC(=O)C1C2CC3C(OC(=O)C31)C2OC(=O)C(F)(F)S(=O)(=O)O)OC12CC3CC(CC(O)(C3)C1)C2. The molecule has 0 aromatic heterocycles. The lowest BCUT2D eigenvalue weighted by molar-refractivity contribution is -0.222. The lowest BCUT2D eigenvalue weighted by Gasteiger charge is -2.59. The van der Waals surface area contributed by atoms with Crippen molar-refractivity contribution in [1.29, 1.82) is 0 Å². The second-order valence-corrected chi connectivity index (χ2v) is 13.3. The van der Waals surface area contributed by atoms with E-state index in [0.717, 1.165) is 6.42 Å². The molecule has 0 aromatic carbocycles. The molecular weight excluding hydrogens is 538 g/mol. The van der Waals surface area contributed by atoms with Crippen LogP contribution in [0.3, 0.4) is 0 Å². The highest BCUT2D eigenvalue weighted by Gasteiger charge is 2.71. The Labute approximate surface area is 215 Å². The smallest absolute Gasteiger partial charge is 0.458 e. The monoisotopic (exact) mass is 564 g/mol. The molecule has 0 amide bonds. The number of aliphatic hydroxyl groups is 1. The molecule has 2 N–H and O–H groups in total. The van der Waals surface area contributed by atoms with Crippen LogP contribution in [0.15, 0.2) is 0 Å². The number of ether oxygens (including phenoxy) is 4. The van der Waals surface area contributed by atoms with Gasteiger partial charge in [-0.15, -0.1) is 0 Å². The fourth-order valence-electron chi connectivity index (χ4n) is 8.51. The van der Waals surface area contributed by atoms with Gasteiger partial charge in [0.2, 0.25) is 0 Å². The number of hydrogen-bond donors (Lipinski definition) is 2. The summed E-state index contributed by atoms with van der Waals surface area (Å²) in [6, 6.07) is 0. The zero-order valence-corrected chi connectivity index (χ0v) is 20.7. The van der Waals surface area contributed by atoms with Crippen LogP contribution in [-0.4, -0.2) is 77.2 Å². The molecule has 0 spiro atoms. The van der Waals surface area contributed by atoms with Crippen LogP contribution >= 0.6 is 0 Å². The summed E-state index contributed by atoms with van der Waals surface area (Å²) < 4.78 is 78.6. The molecule has 12 nitrogen and oxygen atoms in total. The lowest BCUT2D eigenvalue weighted by Crippen LogP contribution is -2.60. The second kappa shape index (κ2) is 8.07. The number of rotatable bonds is 7. The predicted octanol–water partition coefficient (Wildman–Crippen LogP) is 0.356. The van der Waals surface area contributed by atoms with Gasteiger partial charge in [-0.25, -0.2) is 9.59 Å². The van der Waals surface area contributed by atoms with E-state index in [9.17, 15) is 41.5 Å². The second-order valence-electron chi connectivity index (χ2n) is 11.8. The van der Waals surface area contributed by atoms with Gasteiger partial charge in [0.05, 0.1) is 17.4 Å². The van der Waals surface area contributed by atoms with Crippen molar-refractivity contribution >= 4 is 34.0 Å². The summed E-state index contributed by atoms with van der Waals surface area (Å²) in [6.45, 7) is -0.779. The lowest BCUT2D eigenvalue weighted by atomic mass is 9.52. The summed E-state index contributed by atoms with van der Waals surface area (Å²) in [5.74, 6) is -8.68. The third-order valence-corrected chi connectivity index (χ3v) is 10.1. The molecular formula is C23H26F2O12S. The highest BCUT2D eigenvalue weighted by molar-refractivity contribution is 7.87. The Morgan fingerprint density at radius 3 is 2.34 bits per heavy atom. The molecule has 15 heteroatoms. The third-order valence-electron chi connectivity index (χ3n) is 9.26. The van der Waals surface area contributed by atoms with E-state index in [2.05, 4.69) is 4.74 Å². The van der Waals surface area contributed by atoms with Crippen molar-refractivity contribution in [3.05, 3.63) is 0 Å². The number of alkyl halides is 2. The Hall–Kier alpha value is -2.39. The molecule has 210 valence electrons. The maximum Gasteiger partial charge on any atom is 0.465 e. The highest BCUT2D eigenvalue weighted by atomic mass is 32.2. The molecule has 6 aliphatic carbocycles. The molecule has 7 aliphatic rings. The molecule has 1 aliphatic heterocycles. The van der Waals surface area contributed by atoms with Crippen LogP contribution in [0.2, 0.25) is 0 Å². The van der Waals surface area contributed by atoms with Gasteiger partial charge in [-0.2, -0.15) is 17.2 Å². The molecule has 0 radical (unpaired) electrons. The summed E-state index contributed by atoms with van der Waals surface area (Å²) in [4.78, 5) is 49.9. The largest absolute Gasteiger partial charge is 0.465 e. The molecule has 6 bridgehead atoms. The van der Waals surface area contributed by atoms with E-state index in [-0.39, 0.29) is 18.3 Å². The minimum atomic E-state index is -6.13. The van der Waals surface area contributed by atoms with Gasteiger partial charge in [-0.1, -0.05) is 0 Å². The first kappa shape index (κ1) is 25.9. The fourth-order valence-corrected chi connectivity index (χ4v) is 8.77. The number of carbonyl (C=O) groups excluding carboxylic acids is 4. The van der Waals surface area contributed by atoms with Gasteiger partial charge in [0.15, 0.2) is 6.61 Å². The maximum atomic E-state index is 13.8. The van der Waals surface area contributed by atoms with Crippen LogP contribution in [0.1, 0.15) is 44.9 Å². The van der Waals surface area contributed by atoms with Crippen molar-refractivity contribution in [3.63, 3.8) is 0 Å². The van der Waals surface area contributed by atoms with E-state index < -0.39 is 92.9 Å². The van der Waals surface area contributed by atoms with E-state index >= 15 is 0 Å². The fraction of sp³-hybridized carbons (Fsp3) is 0.826. The standard InChI is InChI=1S/C23H26F2O12S/c24-23(25,38(31,32)33)20(29)36-17-11-2-12-15(19(28)35-16(12)17)14(11)18(27)34-7-13(26)37-22-5-9-1-10(6-22)4-21(30,3-9)8-22/h9-12,14-17,30H,1-8H2,(H,31,32,33). The van der Waals surface area contributed by atoms with E-state index in [1.807, 2.05) is 0 Å². The van der Waals surface area contributed by atoms with Gasteiger partial charge in [0.1, 0.15) is 17.8 Å². The van der Waals surface area contributed by atoms with Gasteiger partial charge in [-0.05, 0) is 50.4 Å². The van der Waals surface area contributed by atoms with Crippen molar-refractivity contribution in [1.82, 2.24) is 0 Å². The van der Waals surface area contributed by atoms with Crippen molar-refractivity contribution in [2.45, 2.75) is 73.6 Å². The highest BCUT2D eigenvalue weighted by Crippen LogP contribution is 2.60. The van der Waals surface area contributed by atoms with Crippen LogP contribution < -0.4 is 0 Å². The number of esters is 4. The van der Waals surface area contributed by atoms with Crippen LogP contribution in [-0.2, 0) is 48.2 Å². The number of hydrogen-bond acceptors (Lipinski definition) is 11. The quantitative estimate of drug-likeness (QED) is 0.247. The van der Waals surface area contributed by atoms with Crippen molar-refractivity contribution < 1.29 is 65.0 Å². The van der Waals surface area contributed by atoms with Crippen LogP contribution in [0.5, 0.6) is 0 Å². The molecule has 0 aromatic rings. The van der Waals surface area contributed by atoms with E-state index in [4.69, 9.17) is 18.8 Å². The average Bonchev–Trinajstić information content (AvgIpc) is 3.38. The summed E-state index contributed by atoms with van der Waals surface area (Å²) in [6.07, 6.45) is 1.21. The number of fused-ring (bicyclic) bond motifs is 1. The predicted molar refractivity (Wildman–Crippen MR) is 114 cm³/mol. The third kappa shape index (κ3) is 3.83. The van der Waals surface area contributed by atoms with Crippen molar-refractivity contribution in [2.75, 3.05) is 6.61 Å². The topological polar surface area (TPSA) is 180 Å². The molecule has 1 saturated heterocycles. The zero-order valence-electron chi connectivity index (χ0n) is 19.9. The number of halogens is 2. The van der Waals surface area contributed by atoms with E-state index in [0.29, 0.717) is 32.1 Å². The Morgan fingerprint density at radius 2 is 1.74 bits per heavy atom. The molecule has 7 rings (SSSR count). The van der Waals surface area contributed by atoms with E-state index in [1.165, 1.54) is 0 Å². The van der Waals surface area contributed by atoms with Crippen molar-refractivity contribution in [3.8, 4) is 0 Å². The first-order chi connectivity index (χ1) is 17.6. The maximum absolute atomic E-state index is 13.8. The Bertz CT molecular complexity index is 1200. The van der Waals surface area contributed by atoms with Gasteiger partial charge in [0, 0.05) is 18.3 Å². The minimum absolute atomic E-state index is 0.0746. The average molecular weight is 565 g/mol. The van der Waals surface area contributed by atoms with E-state index in [1.54, 1.807) is 0 Å². The summed E-state index contributed by atoms with van der Waals surface area (Å²) >= 11 is 0. The Kier molecular flexibility index (Phi) is 5.49. The van der Waals surface area contributed by atoms with Crippen molar-refractivity contribution in [2.24, 2.45) is 35.5 Å². The van der Waals surface area contributed by atoms with Gasteiger partial charge in [-0.3, -0.25) is 14.1 Å². The summed E-state index contributed by atoms with van der Waals surface area (Å²) in [5.41, 5.74) is -1.70. The van der Waals surface area contributed by atoms with Crippen LogP contribution in [0.25, 0.3) is 0 Å². The Morgan fingerprint density at radius 1 is 1.08 bits per heavy atom. The first-order valence-electron chi connectivity index (χ1n) is 12.5. The molecule has 8 unspecified atom stereocenters. The van der Waals surface area contributed by atoms with Crippen LogP contribution in [0.4, 0.5) is 8.78 Å². The molecule has 8 atom stereocenters. The first-order valence-corrected chi connectivity index (χ1v) is 13.9. The summed E-state index contributed by atoms with van der Waals surface area (Å²) in [5, 5.41) is 5.56. The van der Waals surface area contributed by atoms with Gasteiger partial charge < -0.3 is 24.1 Å². The number of carbonyl (C=O) groups is 4. The van der Waals surface area contributed by atoms with Gasteiger partial charge in [0.25, 0.3) is 0 Å². The molecule has 6 saturated carbocycles. The molecule has 1 heterocycles. The summed E-state index contributed by atoms with van der Waals surface area (Å²) in [7, 11) is -6.13.